The van der Waals surface area contributed by atoms with Crippen LogP contribution in [0.3, 0.4) is 0 Å². The Hall–Kier alpha value is -2.11. The number of hydrogen-bond acceptors (Lipinski definition) is 4. The fraction of sp³-hybridized carbons (Fsp3) is 0.333. The minimum atomic E-state index is -0.0366. The van der Waals surface area contributed by atoms with Crippen LogP contribution in [0.15, 0.2) is 42.6 Å². The summed E-state index contributed by atoms with van der Waals surface area (Å²) in [7, 11) is 0. The van der Waals surface area contributed by atoms with Crippen LogP contribution in [0.2, 0.25) is 5.02 Å². The molecule has 0 saturated carbocycles. The molecule has 2 fully saturated rings. The molecule has 1 aromatic carbocycles. The maximum absolute atomic E-state index is 12.4. The second kappa shape index (κ2) is 6.42. The number of pyridine rings is 1. The van der Waals surface area contributed by atoms with Crippen LogP contribution in [-0.2, 0) is 0 Å². The molecule has 2 aliphatic rings. The van der Waals surface area contributed by atoms with Crippen molar-refractivity contribution in [1.82, 2.24) is 15.6 Å². The first-order valence-corrected chi connectivity index (χ1v) is 8.51. The second-order valence-electron chi connectivity index (χ2n) is 6.30. The zero-order chi connectivity index (χ0) is 16.5. The van der Waals surface area contributed by atoms with E-state index in [9.17, 15) is 4.79 Å². The van der Waals surface area contributed by atoms with E-state index in [2.05, 4.69) is 15.6 Å². The molecule has 0 spiro atoms. The monoisotopic (exact) mass is 343 g/mol. The molecule has 4 rings (SSSR count). The topological polar surface area (TPSA) is 63.2 Å². The standard InChI is InChI=1S/C18H18ClN3O2/c19-12-3-8-17(20-10-12)24-14-5-1-11(2-6-14)18(23)22-16-9-13-4-7-15(16)21-13/h1-3,5-6,8,10,13,15-16,21H,4,7,9H2,(H,22,23)/t13-,15+,16-/m1/s1. The number of carbonyl (C=O) groups excluding carboxylic acids is 1. The molecule has 0 aliphatic carbocycles. The van der Waals surface area contributed by atoms with Gasteiger partial charge >= 0.3 is 0 Å². The molecule has 0 unspecified atom stereocenters. The van der Waals surface area contributed by atoms with E-state index in [4.69, 9.17) is 16.3 Å². The third-order valence-corrected chi connectivity index (χ3v) is 4.88. The molecule has 1 amide bonds. The number of halogens is 1. The van der Waals surface area contributed by atoms with Gasteiger partial charge in [0, 0.05) is 36.0 Å². The predicted octanol–water partition coefficient (Wildman–Crippen LogP) is 3.15. The second-order valence-corrected chi connectivity index (χ2v) is 6.74. The van der Waals surface area contributed by atoms with Crippen LogP contribution in [0.4, 0.5) is 0 Å². The van der Waals surface area contributed by atoms with Crippen molar-refractivity contribution in [2.24, 2.45) is 0 Å². The smallest absolute Gasteiger partial charge is 0.251 e. The number of carbonyl (C=O) groups is 1. The Morgan fingerprint density at radius 1 is 1.21 bits per heavy atom. The van der Waals surface area contributed by atoms with Crippen molar-refractivity contribution in [2.75, 3.05) is 0 Å². The Kier molecular flexibility index (Phi) is 4.12. The van der Waals surface area contributed by atoms with Crippen molar-refractivity contribution in [3.05, 3.63) is 53.2 Å². The van der Waals surface area contributed by atoms with Crippen LogP contribution in [0, 0.1) is 0 Å². The van der Waals surface area contributed by atoms with E-state index in [0.717, 1.165) is 12.8 Å². The largest absolute Gasteiger partial charge is 0.439 e. The molecule has 5 nitrogen and oxygen atoms in total. The molecule has 2 bridgehead atoms. The van der Waals surface area contributed by atoms with Gasteiger partial charge in [-0.2, -0.15) is 0 Å². The van der Waals surface area contributed by atoms with Crippen LogP contribution in [0.1, 0.15) is 29.6 Å². The highest BCUT2D eigenvalue weighted by molar-refractivity contribution is 6.30. The van der Waals surface area contributed by atoms with Crippen LogP contribution >= 0.6 is 11.6 Å². The summed E-state index contributed by atoms with van der Waals surface area (Å²) in [5.41, 5.74) is 0.634. The normalized spacial score (nSPS) is 24.8. The van der Waals surface area contributed by atoms with Gasteiger partial charge in [-0.25, -0.2) is 4.98 Å². The number of amides is 1. The molecule has 2 saturated heterocycles. The van der Waals surface area contributed by atoms with Gasteiger partial charge in [0.25, 0.3) is 5.91 Å². The molecule has 0 radical (unpaired) electrons. The van der Waals surface area contributed by atoms with Crippen molar-refractivity contribution in [3.63, 3.8) is 0 Å². The average molecular weight is 344 g/mol. The number of fused-ring (bicyclic) bond motifs is 2. The van der Waals surface area contributed by atoms with Gasteiger partial charge in [-0.15, -0.1) is 0 Å². The summed E-state index contributed by atoms with van der Waals surface area (Å²) in [5, 5.41) is 7.22. The summed E-state index contributed by atoms with van der Waals surface area (Å²) < 4.78 is 5.63. The molecule has 2 N–H and O–H groups in total. The van der Waals surface area contributed by atoms with Crippen molar-refractivity contribution in [3.8, 4) is 11.6 Å². The van der Waals surface area contributed by atoms with Gasteiger partial charge in [-0.3, -0.25) is 4.79 Å². The van der Waals surface area contributed by atoms with E-state index in [1.807, 2.05) is 0 Å². The lowest BCUT2D eigenvalue weighted by Gasteiger charge is -2.21. The molecule has 24 heavy (non-hydrogen) atoms. The van der Waals surface area contributed by atoms with Gasteiger partial charge in [0.15, 0.2) is 0 Å². The summed E-state index contributed by atoms with van der Waals surface area (Å²) in [5.74, 6) is 1.05. The maximum Gasteiger partial charge on any atom is 0.251 e. The molecule has 124 valence electrons. The van der Waals surface area contributed by atoms with Crippen LogP contribution in [0.25, 0.3) is 0 Å². The fourth-order valence-electron chi connectivity index (χ4n) is 3.45. The number of aromatic nitrogens is 1. The molecule has 6 heteroatoms. The molecule has 1 aromatic heterocycles. The summed E-state index contributed by atoms with van der Waals surface area (Å²) >= 11 is 5.80. The lowest BCUT2D eigenvalue weighted by Crippen LogP contribution is -2.42. The van der Waals surface area contributed by atoms with Gasteiger partial charge in [-0.1, -0.05) is 11.6 Å². The third kappa shape index (κ3) is 3.23. The van der Waals surface area contributed by atoms with E-state index in [-0.39, 0.29) is 11.9 Å². The first-order chi connectivity index (χ1) is 11.7. The number of nitrogens with zero attached hydrogens (tertiary/aromatic N) is 1. The molecule has 2 aliphatic heterocycles. The molecular formula is C18H18ClN3O2. The number of hydrogen-bond donors (Lipinski definition) is 2. The van der Waals surface area contributed by atoms with Gasteiger partial charge in [0.2, 0.25) is 5.88 Å². The van der Waals surface area contributed by atoms with Crippen molar-refractivity contribution >= 4 is 17.5 Å². The predicted molar refractivity (Wildman–Crippen MR) is 91.6 cm³/mol. The Labute approximate surface area is 145 Å². The highest BCUT2D eigenvalue weighted by Crippen LogP contribution is 2.28. The highest BCUT2D eigenvalue weighted by Gasteiger charge is 2.39. The highest BCUT2D eigenvalue weighted by atomic mass is 35.5. The van der Waals surface area contributed by atoms with Crippen LogP contribution in [-0.4, -0.2) is 29.0 Å². The van der Waals surface area contributed by atoms with Crippen molar-refractivity contribution in [2.45, 2.75) is 37.4 Å². The SMILES string of the molecule is O=C(N[C@@H]1C[C@H]2CC[C@@H]1N2)c1ccc(Oc2ccc(Cl)cn2)cc1. The first kappa shape index (κ1) is 15.4. The van der Waals surface area contributed by atoms with Crippen molar-refractivity contribution < 1.29 is 9.53 Å². The van der Waals surface area contributed by atoms with Crippen LogP contribution in [0.5, 0.6) is 11.6 Å². The summed E-state index contributed by atoms with van der Waals surface area (Å²) in [4.78, 5) is 16.5. The van der Waals surface area contributed by atoms with E-state index >= 15 is 0 Å². The summed E-state index contributed by atoms with van der Waals surface area (Å²) in [6.07, 6.45) is 4.93. The fourth-order valence-corrected chi connectivity index (χ4v) is 3.56. The first-order valence-electron chi connectivity index (χ1n) is 8.14. The van der Waals surface area contributed by atoms with E-state index < -0.39 is 0 Å². The lowest BCUT2D eigenvalue weighted by atomic mass is 9.95. The average Bonchev–Trinajstić information content (AvgIpc) is 3.20. The minimum Gasteiger partial charge on any atom is -0.439 e. The number of benzene rings is 1. The Balaban J connectivity index is 1.38. The lowest BCUT2D eigenvalue weighted by molar-refractivity contribution is 0.0931. The molecule has 3 atom stereocenters. The number of rotatable bonds is 4. The van der Waals surface area contributed by atoms with E-state index in [0.29, 0.717) is 34.3 Å². The van der Waals surface area contributed by atoms with Crippen LogP contribution < -0.4 is 15.4 Å². The Morgan fingerprint density at radius 3 is 2.67 bits per heavy atom. The van der Waals surface area contributed by atoms with Gasteiger partial charge < -0.3 is 15.4 Å². The van der Waals surface area contributed by atoms with E-state index in [1.54, 1.807) is 36.4 Å². The molecule has 2 aromatic rings. The van der Waals surface area contributed by atoms with Crippen molar-refractivity contribution in [1.29, 1.82) is 0 Å². The molecular weight excluding hydrogens is 326 g/mol. The minimum absolute atomic E-state index is 0.0366. The van der Waals surface area contributed by atoms with Gasteiger partial charge in [0.1, 0.15) is 5.75 Å². The maximum atomic E-state index is 12.4. The zero-order valence-corrected chi connectivity index (χ0v) is 13.8. The number of ether oxygens (including phenoxy) is 1. The van der Waals surface area contributed by atoms with Gasteiger partial charge in [-0.05, 0) is 49.6 Å². The Morgan fingerprint density at radius 2 is 2.04 bits per heavy atom. The number of nitrogens with one attached hydrogen (secondary N) is 2. The molecule has 3 heterocycles. The quantitative estimate of drug-likeness (QED) is 0.895. The zero-order valence-electron chi connectivity index (χ0n) is 13.0. The summed E-state index contributed by atoms with van der Waals surface area (Å²) in [6, 6.07) is 11.7. The van der Waals surface area contributed by atoms with Gasteiger partial charge in [0.05, 0.1) is 5.02 Å². The Bertz CT molecular complexity index is 733. The van der Waals surface area contributed by atoms with E-state index in [1.165, 1.54) is 12.6 Å². The third-order valence-electron chi connectivity index (χ3n) is 4.66. The summed E-state index contributed by atoms with van der Waals surface area (Å²) in [6.45, 7) is 0.